The SMILES string of the molecule is Cc1nn(-c2ccccc2)c(C)c1NC(=O)CN1CCO[C@H](C)C1. The molecule has 24 heavy (non-hydrogen) atoms. The lowest BCUT2D eigenvalue weighted by molar-refractivity contribution is -0.119. The van der Waals surface area contributed by atoms with E-state index < -0.39 is 0 Å². The topological polar surface area (TPSA) is 59.4 Å². The summed E-state index contributed by atoms with van der Waals surface area (Å²) in [6.45, 7) is 8.55. The Morgan fingerprint density at radius 2 is 2.08 bits per heavy atom. The summed E-state index contributed by atoms with van der Waals surface area (Å²) in [7, 11) is 0. The summed E-state index contributed by atoms with van der Waals surface area (Å²) in [5.41, 5.74) is 3.54. The second-order valence-electron chi connectivity index (χ2n) is 6.26. The van der Waals surface area contributed by atoms with Crippen LogP contribution in [-0.2, 0) is 9.53 Å². The first-order valence-corrected chi connectivity index (χ1v) is 8.30. The van der Waals surface area contributed by atoms with Gasteiger partial charge in [-0.3, -0.25) is 9.69 Å². The van der Waals surface area contributed by atoms with Gasteiger partial charge in [0.05, 0.1) is 42.0 Å². The van der Waals surface area contributed by atoms with Gasteiger partial charge in [0.15, 0.2) is 0 Å². The molecule has 1 atom stereocenters. The van der Waals surface area contributed by atoms with Gasteiger partial charge in [-0.1, -0.05) is 18.2 Å². The predicted molar refractivity (Wildman–Crippen MR) is 93.5 cm³/mol. The molecule has 1 aliphatic rings. The molecule has 0 radical (unpaired) electrons. The molecule has 6 nitrogen and oxygen atoms in total. The van der Waals surface area contributed by atoms with Crippen molar-refractivity contribution in [3.05, 3.63) is 41.7 Å². The number of ether oxygens (including phenoxy) is 1. The molecule has 1 aromatic heterocycles. The Labute approximate surface area is 142 Å². The molecule has 1 amide bonds. The molecule has 2 aromatic rings. The van der Waals surface area contributed by atoms with Crippen molar-refractivity contribution in [1.29, 1.82) is 0 Å². The van der Waals surface area contributed by atoms with Gasteiger partial charge < -0.3 is 10.1 Å². The first kappa shape index (κ1) is 16.7. The van der Waals surface area contributed by atoms with Gasteiger partial charge in [-0.25, -0.2) is 4.68 Å². The zero-order valence-electron chi connectivity index (χ0n) is 14.5. The number of benzene rings is 1. The fourth-order valence-corrected chi connectivity index (χ4v) is 3.06. The van der Waals surface area contributed by atoms with Gasteiger partial charge in [0.1, 0.15) is 0 Å². The lowest BCUT2D eigenvalue weighted by Crippen LogP contribution is -2.44. The van der Waals surface area contributed by atoms with E-state index >= 15 is 0 Å². The largest absolute Gasteiger partial charge is 0.376 e. The highest BCUT2D eigenvalue weighted by Gasteiger charge is 2.20. The van der Waals surface area contributed by atoms with Crippen LogP contribution in [-0.4, -0.2) is 52.9 Å². The molecule has 0 spiro atoms. The Morgan fingerprint density at radius 3 is 2.79 bits per heavy atom. The number of hydrogen-bond acceptors (Lipinski definition) is 4. The van der Waals surface area contributed by atoms with Crippen LogP contribution in [0.5, 0.6) is 0 Å². The van der Waals surface area contributed by atoms with E-state index in [1.165, 1.54) is 0 Å². The van der Waals surface area contributed by atoms with Crippen LogP contribution in [0.15, 0.2) is 30.3 Å². The van der Waals surface area contributed by atoms with Crippen LogP contribution in [0, 0.1) is 13.8 Å². The summed E-state index contributed by atoms with van der Waals surface area (Å²) in [6.07, 6.45) is 0.177. The Hall–Kier alpha value is -2.18. The van der Waals surface area contributed by atoms with E-state index in [0.29, 0.717) is 13.2 Å². The number of aromatic nitrogens is 2. The number of carbonyl (C=O) groups is 1. The predicted octanol–water partition coefficient (Wildman–Crippen LogP) is 2.15. The first-order valence-electron chi connectivity index (χ1n) is 8.30. The monoisotopic (exact) mass is 328 g/mol. The van der Waals surface area contributed by atoms with E-state index in [1.807, 2.05) is 55.8 Å². The normalized spacial score (nSPS) is 18.5. The van der Waals surface area contributed by atoms with Crippen molar-refractivity contribution < 1.29 is 9.53 Å². The number of carbonyl (C=O) groups excluding carboxylic acids is 1. The molecule has 3 rings (SSSR count). The maximum Gasteiger partial charge on any atom is 0.238 e. The van der Waals surface area contributed by atoms with Crippen LogP contribution in [0.1, 0.15) is 18.3 Å². The molecule has 0 unspecified atom stereocenters. The summed E-state index contributed by atoms with van der Waals surface area (Å²) in [5, 5.41) is 7.59. The van der Waals surface area contributed by atoms with Crippen molar-refractivity contribution in [2.75, 3.05) is 31.6 Å². The van der Waals surface area contributed by atoms with E-state index in [1.54, 1.807) is 0 Å². The van der Waals surface area contributed by atoms with Crippen molar-refractivity contribution in [3.63, 3.8) is 0 Å². The number of hydrogen-bond donors (Lipinski definition) is 1. The maximum absolute atomic E-state index is 12.4. The van der Waals surface area contributed by atoms with E-state index in [2.05, 4.69) is 15.3 Å². The average Bonchev–Trinajstić information content (AvgIpc) is 2.84. The lowest BCUT2D eigenvalue weighted by atomic mass is 10.2. The molecule has 1 N–H and O–H groups in total. The van der Waals surface area contributed by atoms with Crippen molar-refractivity contribution in [3.8, 4) is 5.69 Å². The number of rotatable bonds is 4. The zero-order chi connectivity index (χ0) is 17.1. The molecule has 128 valence electrons. The van der Waals surface area contributed by atoms with E-state index in [4.69, 9.17) is 4.74 Å². The fraction of sp³-hybridized carbons (Fsp3) is 0.444. The summed E-state index contributed by atoms with van der Waals surface area (Å²) in [5.74, 6) is -0.0112. The number of nitrogens with one attached hydrogen (secondary N) is 1. The van der Waals surface area contributed by atoms with Crippen LogP contribution in [0.3, 0.4) is 0 Å². The average molecular weight is 328 g/mol. The van der Waals surface area contributed by atoms with E-state index in [9.17, 15) is 4.79 Å². The van der Waals surface area contributed by atoms with Gasteiger partial charge in [0, 0.05) is 13.1 Å². The van der Waals surface area contributed by atoms with Crippen molar-refractivity contribution in [2.45, 2.75) is 26.9 Å². The Balaban J connectivity index is 1.71. The molecule has 2 heterocycles. The molecule has 1 aliphatic heterocycles. The number of amides is 1. The highest BCUT2D eigenvalue weighted by molar-refractivity contribution is 5.93. The van der Waals surface area contributed by atoms with E-state index in [-0.39, 0.29) is 12.0 Å². The van der Waals surface area contributed by atoms with Crippen LogP contribution in [0.25, 0.3) is 5.69 Å². The molecule has 6 heteroatoms. The van der Waals surface area contributed by atoms with Crippen LogP contribution < -0.4 is 5.32 Å². The van der Waals surface area contributed by atoms with Crippen LogP contribution >= 0.6 is 0 Å². The molecule has 0 bridgehead atoms. The molecule has 1 aromatic carbocycles. The van der Waals surface area contributed by atoms with Crippen LogP contribution in [0.2, 0.25) is 0 Å². The smallest absolute Gasteiger partial charge is 0.238 e. The van der Waals surface area contributed by atoms with Gasteiger partial charge >= 0.3 is 0 Å². The summed E-state index contributed by atoms with van der Waals surface area (Å²) in [4.78, 5) is 14.5. The zero-order valence-corrected chi connectivity index (χ0v) is 14.5. The van der Waals surface area contributed by atoms with E-state index in [0.717, 1.165) is 35.9 Å². The second-order valence-corrected chi connectivity index (χ2v) is 6.26. The minimum absolute atomic E-state index is 0.0112. The first-order chi connectivity index (χ1) is 11.5. The summed E-state index contributed by atoms with van der Waals surface area (Å²) < 4.78 is 7.37. The minimum Gasteiger partial charge on any atom is -0.376 e. The van der Waals surface area contributed by atoms with Crippen molar-refractivity contribution >= 4 is 11.6 Å². The number of morpholine rings is 1. The number of para-hydroxylation sites is 1. The number of nitrogens with zero attached hydrogens (tertiary/aromatic N) is 3. The molecule has 1 saturated heterocycles. The summed E-state index contributed by atoms with van der Waals surface area (Å²) >= 11 is 0. The van der Waals surface area contributed by atoms with Gasteiger partial charge in [0.2, 0.25) is 5.91 Å². The van der Waals surface area contributed by atoms with Gasteiger partial charge in [-0.2, -0.15) is 5.10 Å². The highest BCUT2D eigenvalue weighted by atomic mass is 16.5. The number of anilines is 1. The van der Waals surface area contributed by atoms with Gasteiger partial charge in [-0.05, 0) is 32.9 Å². The third-order valence-corrected chi connectivity index (χ3v) is 4.25. The highest BCUT2D eigenvalue weighted by Crippen LogP contribution is 2.22. The number of aryl methyl sites for hydroxylation is 1. The molecule has 0 aliphatic carbocycles. The van der Waals surface area contributed by atoms with Gasteiger partial charge in [-0.15, -0.1) is 0 Å². The Morgan fingerprint density at radius 1 is 1.33 bits per heavy atom. The molecule has 1 fully saturated rings. The third kappa shape index (κ3) is 3.66. The lowest BCUT2D eigenvalue weighted by Gasteiger charge is -2.30. The maximum atomic E-state index is 12.4. The molecular formula is C18H24N4O2. The Bertz CT molecular complexity index is 711. The standard InChI is InChI=1S/C18H24N4O2/c1-13-11-21(9-10-24-13)12-17(23)19-18-14(2)20-22(15(18)3)16-7-5-4-6-8-16/h4-8,13H,9-12H2,1-3H3,(H,19,23)/t13-/m1/s1. The van der Waals surface area contributed by atoms with Crippen molar-refractivity contribution in [1.82, 2.24) is 14.7 Å². The van der Waals surface area contributed by atoms with Gasteiger partial charge in [0.25, 0.3) is 0 Å². The quantitative estimate of drug-likeness (QED) is 0.934. The molecule has 0 saturated carbocycles. The Kier molecular flexibility index (Phi) is 4.97. The van der Waals surface area contributed by atoms with Crippen molar-refractivity contribution in [2.24, 2.45) is 0 Å². The second kappa shape index (κ2) is 7.15. The van der Waals surface area contributed by atoms with Crippen LogP contribution in [0.4, 0.5) is 5.69 Å². The minimum atomic E-state index is -0.0112. The summed E-state index contributed by atoms with van der Waals surface area (Å²) in [6, 6.07) is 9.93. The molecular weight excluding hydrogens is 304 g/mol. The third-order valence-electron chi connectivity index (χ3n) is 4.25. The fourth-order valence-electron chi connectivity index (χ4n) is 3.06.